The van der Waals surface area contributed by atoms with Crippen LogP contribution in [0, 0.1) is 0 Å². The first-order valence-corrected chi connectivity index (χ1v) is 4.87. The maximum absolute atomic E-state index is 9.13. The normalized spacial score (nSPS) is 6.67. The van der Waals surface area contributed by atoms with Gasteiger partial charge in [-0.05, 0) is 0 Å². The number of halogens is 1. The molecule has 12 heavy (non-hydrogen) atoms. The Morgan fingerprint density at radius 3 is 1.58 bits per heavy atom. The summed E-state index contributed by atoms with van der Waals surface area (Å²) in [6, 6.07) is 0. The third-order valence-corrected chi connectivity index (χ3v) is 0.827. The SMILES string of the molecule is CC(=O)O.CCCC.O=CCBr. The Labute approximate surface area is 82.3 Å². The largest absolute Gasteiger partial charge is 0.481 e. The van der Waals surface area contributed by atoms with Crippen molar-refractivity contribution in [3.8, 4) is 0 Å². The zero-order valence-electron chi connectivity index (χ0n) is 7.84. The van der Waals surface area contributed by atoms with Crippen molar-refractivity contribution in [2.75, 3.05) is 5.33 Å². The molecule has 0 fully saturated rings. The highest BCUT2D eigenvalue weighted by Gasteiger charge is 1.65. The van der Waals surface area contributed by atoms with Crippen LogP contribution in [-0.2, 0) is 9.59 Å². The van der Waals surface area contributed by atoms with E-state index in [-0.39, 0.29) is 0 Å². The lowest BCUT2D eigenvalue weighted by molar-refractivity contribution is -0.134. The van der Waals surface area contributed by atoms with Gasteiger partial charge >= 0.3 is 0 Å². The van der Waals surface area contributed by atoms with Crippen molar-refractivity contribution >= 4 is 28.2 Å². The van der Waals surface area contributed by atoms with Crippen LogP contribution in [-0.4, -0.2) is 22.7 Å². The van der Waals surface area contributed by atoms with Gasteiger partial charge in [-0.15, -0.1) is 0 Å². The number of hydrogen-bond acceptors (Lipinski definition) is 2. The molecule has 0 spiro atoms. The van der Waals surface area contributed by atoms with Crippen molar-refractivity contribution < 1.29 is 14.7 Å². The van der Waals surface area contributed by atoms with Gasteiger partial charge in [0.05, 0.1) is 5.33 Å². The number of aldehydes is 1. The molecule has 0 rings (SSSR count). The number of alkyl halides is 1. The average molecular weight is 241 g/mol. The molecular formula is C8H17BrO3. The lowest BCUT2D eigenvalue weighted by atomic mass is 10.4. The molecule has 0 aromatic carbocycles. The van der Waals surface area contributed by atoms with Gasteiger partial charge in [0.1, 0.15) is 6.29 Å². The van der Waals surface area contributed by atoms with Crippen molar-refractivity contribution in [3.05, 3.63) is 0 Å². The average Bonchev–Trinajstić information content (AvgIpc) is 2.03. The van der Waals surface area contributed by atoms with Gasteiger partial charge in [0.15, 0.2) is 0 Å². The van der Waals surface area contributed by atoms with Gasteiger partial charge in [-0.3, -0.25) is 4.79 Å². The number of carbonyl (C=O) groups is 2. The van der Waals surface area contributed by atoms with Gasteiger partial charge in [-0.1, -0.05) is 42.6 Å². The van der Waals surface area contributed by atoms with Crippen molar-refractivity contribution in [2.45, 2.75) is 33.6 Å². The number of aliphatic carboxylic acids is 1. The lowest BCUT2D eigenvalue weighted by Crippen LogP contribution is -1.78. The third kappa shape index (κ3) is 272. The van der Waals surface area contributed by atoms with Crippen LogP contribution in [0.15, 0.2) is 0 Å². The second-order valence-corrected chi connectivity index (χ2v) is 2.49. The number of carbonyl (C=O) groups excluding carboxylic acids is 1. The van der Waals surface area contributed by atoms with Crippen LogP contribution < -0.4 is 0 Å². The highest BCUT2D eigenvalue weighted by Crippen LogP contribution is 1.76. The first-order chi connectivity index (χ1) is 5.56. The van der Waals surface area contributed by atoms with Gasteiger partial charge < -0.3 is 9.90 Å². The first kappa shape index (κ1) is 17.6. The Balaban J connectivity index is -0.000000101. The summed E-state index contributed by atoms with van der Waals surface area (Å²) >= 11 is 2.88. The molecule has 0 saturated heterocycles. The van der Waals surface area contributed by atoms with Crippen LogP contribution in [0.1, 0.15) is 33.6 Å². The molecule has 74 valence electrons. The van der Waals surface area contributed by atoms with E-state index >= 15 is 0 Å². The van der Waals surface area contributed by atoms with E-state index in [2.05, 4.69) is 29.8 Å². The van der Waals surface area contributed by atoms with Gasteiger partial charge in [-0.25, -0.2) is 0 Å². The molecule has 0 atom stereocenters. The van der Waals surface area contributed by atoms with Crippen molar-refractivity contribution in [3.63, 3.8) is 0 Å². The first-order valence-electron chi connectivity index (χ1n) is 3.75. The quantitative estimate of drug-likeness (QED) is 0.596. The maximum Gasteiger partial charge on any atom is 0.300 e. The molecule has 3 nitrogen and oxygen atoms in total. The topological polar surface area (TPSA) is 54.4 Å². The molecule has 0 unspecified atom stereocenters. The number of unbranched alkanes of at least 4 members (excludes halogenated alkanes) is 1. The zero-order valence-corrected chi connectivity index (χ0v) is 9.43. The number of carboxylic acids is 1. The van der Waals surface area contributed by atoms with E-state index in [9.17, 15) is 0 Å². The minimum absolute atomic E-state index is 0.451. The molecule has 0 aliphatic heterocycles. The molecule has 0 radical (unpaired) electrons. The second kappa shape index (κ2) is 22.4. The molecular weight excluding hydrogens is 224 g/mol. The summed E-state index contributed by atoms with van der Waals surface area (Å²) in [5, 5.41) is 7.87. The minimum atomic E-state index is -0.833. The summed E-state index contributed by atoms with van der Waals surface area (Å²) in [4.78, 5) is 18.1. The molecule has 1 N–H and O–H groups in total. The predicted molar refractivity (Wildman–Crippen MR) is 53.7 cm³/mol. The van der Waals surface area contributed by atoms with E-state index < -0.39 is 5.97 Å². The van der Waals surface area contributed by atoms with Crippen molar-refractivity contribution in [1.29, 1.82) is 0 Å². The smallest absolute Gasteiger partial charge is 0.300 e. The molecule has 0 aromatic rings. The highest BCUT2D eigenvalue weighted by atomic mass is 79.9. The Morgan fingerprint density at radius 2 is 1.58 bits per heavy atom. The fraction of sp³-hybridized carbons (Fsp3) is 0.750. The summed E-state index contributed by atoms with van der Waals surface area (Å²) in [5.74, 6) is -0.833. The Kier molecular flexibility index (Phi) is 33.0. The second-order valence-electron chi connectivity index (χ2n) is 1.84. The van der Waals surface area contributed by atoms with E-state index in [0.717, 1.165) is 13.2 Å². The predicted octanol–water partition coefficient (Wildman–Crippen LogP) is 2.48. The van der Waals surface area contributed by atoms with Crippen LogP contribution >= 0.6 is 15.9 Å². The molecule has 0 aromatic heterocycles. The zero-order chi connectivity index (χ0) is 10.4. The van der Waals surface area contributed by atoms with Gasteiger partial charge in [0, 0.05) is 6.92 Å². The van der Waals surface area contributed by atoms with Crippen LogP contribution in [0.3, 0.4) is 0 Å². The third-order valence-electron chi connectivity index (χ3n) is 0.563. The van der Waals surface area contributed by atoms with Crippen LogP contribution in [0.25, 0.3) is 0 Å². The monoisotopic (exact) mass is 240 g/mol. The van der Waals surface area contributed by atoms with E-state index in [1.807, 2.05) is 0 Å². The molecule has 0 aliphatic rings. The Hall–Kier alpha value is -0.380. The fourth-order valence-corrected chi connectivity index (χ4v) is 0. The number of carboxylic acid groups (broad SMARTS) is 1. The van der Waals surface area contributed by atoms with Crippen molar-refractivity contribution in [1.82, 2.24) is 0 Å². The summed E-state index contributed by atoms with van der Waals surface area (Å²) in [6.07, 6.45) is 3.43. The van der Waals surface area contributed by atoms with E-state index in [1.54, 1.807) is 0 Å². The summed E-state index contributed by atoms with van der Waals surface area (Å²) < 4.78 is 0. The Bertz CT molecular complexity index is 88.3. The molecule has 4 heteroatoms. The number of rotatable bonds is 2. The number of hydrogen-bond donors (Lipinski definition) is 1. The fourth-order valence-electron chi connectivity index (χ4n) is 0. The lowest BCUT2D eigenvalue weighted by Gasteiger charge is -1.68. The van der Waals surface area contributed by atoms with E-state index in [1.165, 1.54) is 12.8 Å². The standard InChI is InChI=1S/C4H10.C2H3BrO.C2H4O2/c1-3-4-2;3-1-2-4;1-2(3)4/h3-4H2,1-2H3;2H,1H2;1H3,(H,3,4). The van der Waals surface area contributed by atoms with Crippen LogP contribution in [0.4, 0.5) is 0 Å². The Morgan fingerprint density at radius 1 is 1.42 bits per heavy atom. The summed E-state index contributed by atoms with van der Waals surface area (Å²) in [5.41, 5.74) is 0. The highest BCUT2D eigenvalue weighted by molar-refractivity contribution is 9.09. The molecule has 0 bridgehead atoms. The molecule has 0 heterocycles. The molecule has 0 saturated carbocycles. The maximum atomic E-state index is 9.13. The molecule has 0 amide bonds. The summed E-state index contributed by atoms with van der Waals surface area (Å²) in [6.45, 7) is 5.44. The van der Waals surface area contributed by atoms with Gasteiger partial charge in [0.25, 0.3) is 5.97 Å². The van der Waals surface area contributed by atoms with Crippen molar-refractivity contribution in [2.24, 2.45) is 0 Å². The minimum Gasteiger partial charge on any atom is -0.481 e. The molecule has 0 aliphatic carbocycles. The van der Waals surface area contributed by atoms with E-state index in [4.69, 9.17) is 14.7 Å². The van der Waals surface area contributed by atoms with E-state index in [0.29, 0.717) is 5.33 Å². The summed E-state index contributed by atoms with van der Waals surface area (Å²) in [7, 11) is 0. The van der Waals surface area contributed by atoms with Gasteiger partial charge in [-0.2, -0.15) is 0 Å². The van der Waals surface area contributed by atoms with Gasteiger partial charge in [0.2, 0.25) is 0 Å². The van der Waals surface area contributed by atoms with Crippen LogP contribution in [0.2, 0.25) is 0 Å². The van der Waals surface area contributed by atoms with Crippen LogP contribution in [0.5, 0.6) is 0 Å².